The van der Waals surface area contributed by atoms with Gasteiger partial charge in [0, 0.05) is 0 Å². The zero-order chi connectivity index (χ0) is 13.3. The van der Waals surface area contributed by atoms with E-state index in [1.807, 2.05) is 0 Å². The first-order valence-corrected chi connectivity index (χ1v) is 5.94. The Morgan fingerprint density at radius 3 is 2.50 bits per heavy atom. The molecule has 1 aromatic carbocycles. The molecule has 0 fully saturated rings. The fourth-order valence-corrected chi connectivity index (χ4v) is 1.84. The highest BCUT2D eigenvalue weighted by atomic mass is 35.5. The second-order valence-electron chi connectivity index (χ2n) is 3.78. The van der Waals surface area contributed by atoms with Gasteiger partial charge in [0.25, 0.3) is 5.56 Å². The number of rotatable bonds is 2. The Labute approximate surface area is 113 Å². The molecule has 94 valence electrons. The van der Waals surface area contributed by atoms with E-state index >= 15 is 0 Å². The number of halogens is 3. The van der Waals surface area contributed by atoms with Crippen LogP contribution in [-0.2, 0) is 0 Å². The largest absolute Gasteiger partial charge is 0.287 e. The zero-order valence-electron chi connectivity index (χ0n) is 9.40. The Morgan fingerprint density at radius 1 is 1.28 bits per heavy atom. The van der Waals surface area contributed by atoms with Gasteiger partial charge in [-0.2, -0.15) is 5.10 Å². The Hall–Kier alpha value is -1.39. The summed E-state index contributed by atoms with van der Waals surface area (Å²) in [5.74, 6) is -0.333. The summed E-state index contributed by atoms with van der Waals surface area (Å²) >= 11 is 11.5. The third-order valence-corrected chi connectivity index (χ3v) is 3.37. The molecule has 2 rings (SSSR count). The van der Waals surface area contributed by atoms with Gasteiger partial charge in [-0.1, -0.05) is 35.3 Å². The third-order valence-electron chi connectivity index (χ3n) is 2.62. The number of aromatic nitrogens is 2. The van der Waals surface area contributed by atoms with Crippen LogP contribution in [0.1, 0.15) is 18.5 Å². The van der Waals surface area contributed by atoms with E-state index in [-0.39, 0.29) is 21.9 Å². The summed E-state index contributed by atoms with van der Waals surface area (Å²) in [6.45, 7) is 1.77. The van der Waals surface area contributed by atoms with Gasteiger partial charge in [0.2, 0.25) is 0 Å². The Morgan fingerprint density at radius 2 is 1.89 bits per heavy atom. The van der Waals surface area contributed by atoms with E-state index in [4.69, 9.17) is 23.2 Å². The highest BCUT2D eigenvalue weighted by Gasteiger charge is 2.14. The Bertz CT molecular complexity index is 625. The lowest BCUT2D eigenvalue weighted by Gasteiger charge is -2.14. The number of hydrogen-bond acceptors (Lipinski definition) is 2. The van der Waals surface area contributed by atoms with Gasteiger partial charge in [-0.3, -0.25) is 4.79 Å². The van der Waals surface area contributed by atoms with Gasteiger partial charge in [-0.05, 0) is 24.6 Å². The Balaban J connectivity index is 2.46. The summed E-state index contributed by atoms with van der Waals surface area (Å²) < 4.78 is 14.0. The smallest absolute Gasteiger partial charge is 0.266 e. The maximum absolute atomic E-state index is 12.8. The molecule has 1 unspecified atom stereocenters. The van der Waals surface area contributed by atoms with Crippen LogP contribution >= 0.6 is 23.2 Å². The normalized spacial score (nSPS) is 12.4. The molecule has 3 nitrogen and oxygen atoms in total. The van der Waals surface area contributed by atoms with Crippen LogP contribution < -0.4 is 5.56 Å². The molecule has 0 radical (unpaired) electrons. The van der Waals surface area contributed by atoms with Crippen LogP contribution in [0.5, 0.6) is 0 Å². The molecule has 0 N–H and O–H groups in total. The van der Waals surface area contributed by atoms with E-state index in [9.17, 15) is 9.18 Å². The van der Waals surface area contributed by atoms with E-state index in [0.29, 0.717) is 0 Å². The minimum atomic E-state index is -0.471. The number of benzene rings is 1. The van der Waals surface area contributed by atoms with Crippen LogP contribution in [0.4, 0.5) is 4.39 Å². The third kappa shape index (κ3) is 2.40. The zero-order valence-corrected chi connectivity index (χ0v) is 10.9. The van der Waals surface area contributed by atoms with Crippen LogP contribution in [-0.4, -0.2) is 9.78 Å². The fraction of sp³-hybridized carbons (Fsp3) is 0.167. The highest BCUT2D eigenvalue weighted by Crippen LogP contribution is 2.19. The van der Waals surface area contributed by atoms with E-state index in [2.05, 4.69) is 5.10 Å². The van der Waals surface area contributed by atoms with Crippen molar-refractivity contribution < 1.29 is 4.39 Å². The van der Waals surface area contributed by atoms with Crippen molar-refractivity contribution in [2.24, 2.45) is 0 Å². The summed E-state index contributed by atoms with van der Waals surface area (Å²) in [5.41, 5.74) is 0.283. The first-order chi connectivity index (χ1) is 8.50. The molecule has 0 amide bonds. The fourth-order valence-electron chi connectivity index (χ4n) is 1.58. The van der Waals surface area contributed by atoms with E-state index in [1.54, 1.807) is 19.1 Å². The molecule has 0 aliphatic heterocycles. The average molecular weight is 287 g/mol. The molecular formula is C12H9Cl2FN2O. The minimum Gasteiger partial charge on any atom is -0.266 e. The molecule has 1 atom stereocenters. The molecule has 1 aromatic heterocycles. The second kappa shape index (κ2) is 5.08. The molecular weight excluding hydrogens is 278 g/mol. The van der Waals surface area contributed by atoms with E-state index in [1.165, 1.54) is 23.0 Å². The Kier molecular flexibility index (Phi) is 3.68. The van der Waals surface area contributed by atoms with E-state index < -0.39 is 5.56 Å². The van der Waals surface area contributed by atoms with Gasteiger partial charge in [-0.25, -0.2) is 9.07 Å². The number of nitrogens with zero attached hydrogens (tertiary/aromatic N) is 2. The van der Waals surface area contributed by atoms with Gasteiger partial charge in [0.1, 0.15) is 10.8 Å². The molecule has 0 spiro atoms. The molecule has 6 heteroatoms. The maximum Gasteiger partial charge on any atom is 0.287 e. The molecule has 2 aromatic rings. The van der Waals surface area contributed by atoms with Crippen molar-refractivity contribution in [2.75, 3.05) is 0 Å². The van der Waals surface area contributed by atoms with Crippen LogP contribution in [0.15, 0.2) is 35.3 Å². The van der Waals surface area contributed by atoms with Crippen molar-refractivity contribution in [1.29, 1.82) is 0 Å². The summed E-state index contributed by atoms with van der Waals surface area (Å²) in [5, 5.41) is 3.98. The predicted octanol–water partition coefficient (Wildman–Crippen LogP) is 3.30. The average Bonchev–Trinajstić information content (AvgIpc) is 2.36. The molecule has 0 aliphatic carbocycles. The lowest BCUT2D eigenvalue weighted by Crippen LogP contribution is -2.26. The summed E-state index contributed by atoms with van der Waals surface area (Å²) in [4.78, 5) is 11.9. The SMILES string of the molecule is CC(c1ccc(F)cc1)n1ncc(Cl)c(Cl)c1=O. The molecule has 1 heterocycles. The maximum atomic E-state index is 12.8. The van der Waals surface area contributed by atoms with Gasteiger partial charge in [0.05, 0.1) is 17.3 Å². The van der Waals surface area contributed by atoms with Crippen LogP contribution in [0, 0.1) is 5.82 Å². The van der Waals surface area contributed by atoms with E-state index in [0.717, 1.165) is 5.56 Å². The quantitative estimate of drug-likeness (QED) is 0.849. The topological polar surface area (TPSA) is 34.9 Å². The van der Waals surface area contributed by atoms with Crippen molar-refractivity contribution in [3.8, 4) is 0 Å². The molecule has 0 saturated heterocycles. The van der Waals surface area contributed by atoms with Crippen LogP contribution in [0.2, 0.25) is 10.0 Å². The monoisotopic (exact) mass is 286 g/mol. The predicted molar refractivity (Wildman–Crippen MR) is 68.7 cm³/mol. The van der Waals surface area contributed by atoms with Gasteiger partial charge >= 0.3 is 0 Å². The highest BCUT2D eigenvalue weighted by molar-refractivity contribution is 6.41. The van der Waals surface area contributed by atoms with Crippen LogP contribution in [0.3, 0.4) is 0 Å². The lowest BCUT2D eigenvalue weighted by molar-refractivity contribution is 0.530. The van der Waals surface area contributed by atoms with Crippen molar-refractivity contribution in [2.45, 2.75) is 13.0 Å². The first-order valence-electron chi connectivity index (χ1n) is 5.19. The standard InChI is InChI=1S/C12H9Cl2FN2O/c1-7(8-2-4-9(15)5-3-8)17-12(18)11(14)10(13)6-16-17/h2-7H,1H3. The first kappa shape index (κ1) is 13.1. The second-order valence-corrected chi connectivity index (χ2v) is 4.57. The van der Waals surface area contributed by atoms with Gasteiger partial charge in [0.15, 0.2) is 0 Å². The molecule has 0 bridgehead atoms. The minimum absolute atomic E-state index is 0.0689. The molecule has 18 heavy (non-hydrogen) atoms. The molecule has 0 aliphatic rings. The van der Waals surface area contributed by atoms with Crippen LogP contribution in [0.25, 0.3) is 0 Å². The molecule has 0 saturated carbocycles. The van der Waals surface area contributed by atoms with Gasteiger partial charge < -0.3 is 0 Å². The van der Waals surface area contributed by atoms with Crippen molar-refractivity contribution in [1.82, 2.24) is 9.78 Å². The van der Waals surface area contributed by atoms with Crippen molar-refractivity contribution in [3.05, 3.63) is 62.2 Å². The summed E-state index contributed by atoms with van der Waals surface area (Å²) in [7, 11) is 0. The van der Waals surface area contributed by atoms with Crippen molar-refractivity contribution >= 4 is 23.2 Å². The lowest BCUT2D eigenvalue weighted by atomic mass is 10.1. The van der Waals surface area contributed by atoms with Crippen molar-refractivity contribution in [3.63, 3.8) is 0 Å². The van der Waals surface area contributed by atoms with Gasteiger partial charge in [-0.15, -0.1) is 0 Å². The summed E-state index contributed by atoms with van der Waals surface area (Å²) in [6, 6.07) is 5.49. The summed E-state index contributed by atoms with van der Waals surface area (Å²) in [6.07, 6.45) is 1.31. The number of hydrogen-bond donors (Lipinski definition) is 0.